The number of hydrogen-bond acceptors (Lipinski definition) is 4. The van der Waals surface area contributed by atoms with Gasteiger partial charge < -0.3 is 4.42 Å². The molecule has 114 valence electrons. The van der Waals surface area contributed by atoms with Crippen LogP contribution in [0.1, 0.15) is 16.7 Å². The van der Waals surface area contributed by atoms with Crippen LogP contribution in [0.2, 0.25) is 0 Å². The lowest BCUT2D eigenvalue weighted by molar-refractivity contribution is -0.384. The van der Waals surface area contributed by atoms with Crippen LogP contribution in [0.3, 0.4) is 0 Å². The first-order valence-electron chi connectivity index (χ1n) is 6.99. The Morgan fingerprint density at radius 3 is 2.52 bits per heavy atom. The van der Waals surface area contributed by atoms with Gasteiger partial charge in [-0.05, 0) is 48.4 Å². The summed E-state index contributed by atoms with van der Waals surface area (Å²) in [6.45, 7) is 1.93. The molecule has 0 atom stereocenters. The van der Waals surface area contributed by atoms with Crippen molar-refractivity contribution in [2.24, 2.45) is 0 Å². The normalized spacial score (nSPS) is 11.2. The monoisotopic (exact) mass is 307 g/mol. The van der Waals surface area contributed by atoms with Crippen molar-refractivity contribution in [3.05, 3.63) is 85.8 Å². The molecule has 0 amide bonds. The van der Waals surface area contributed by atoms with E-state index in [9.17, 15) is 14.9 Å². The molecule has 5 nitrogen and oxygen atoms in total. The van der Waals surface area contributed by atoms with E-state index in [4.69, 9.17) is 4.42 Å². The molecule has 2 aromatic carbocycles. The van der Waals surface area contributed by atoms with Gasteiger partial charge in [-0.3, -0.25) is 14.9 Å². The van der Waals surface area contributed by atoms with Crippen LogP contribution < -0.4 is 5.43 Å². The maximum Gasteiger partial charge on any atom is 0.269 e. The number of nitro groups is 1. The molecule has 0 fully saturated rings. The van der Waals surface area contributed by atoms with Gasteiger partial charge in [0.2, 0.25) is 0 Å². The number of nitro benzene ring substituents is 1. The van der Waals surface area contributed by atoms with Crippen LogP contribution in [0.4, 0.5) is 5.69 Å². The molecule has 0 radical (unpaired) electrons. The van der Waals surface area contributed by atoms with E-state index in [2.05, 4.69) is 0 Å². The minimum absolute atomic E-state index is 0.0303. The van der Waals surface area contributed by atoms with Crippen LogP contribution in [-0.4, -0.2) is 4.92 Å². The third-order valence-corrected chi connectivity index (χ3v) is 3.52. The molecule has 3 rings (SSSR count). The molecule has 0 aliphatic carbocycles. The van der Waals surface area contributed by atoms with Gasteiger partial charge in [0.05, 0.1) is 15.9 Å². The molecule has 0 spiro atoms. The van der Waals surface area contributed by atoms with Gasteiger partial charge in [-0.2, -0.15) is 0 Å². The van der Waals surface area contributed by atoms with Crippen molar-refractivity contribution >= 4 is 28.8 Å². The fraction of sp³-hybridized carbons (Fsp3) is 0.0556. The summed E-state index contributed by atoms with van der Waals surface area (Å²) < 4.78 is 5.50. The van der Waals surface area contributed by atoms with Gasteiger partial charge in [0, 0.05) is 12.1 Å². The number of aryl methyl sites for hydroxylation is 1. The van der Waals surface area contributed by atoms with E-state index < -0.39 is 4.92 Å². The molecule has 0 saturated carbocycles. The smallest absolute Gasteiger partial charge is 0.269 e. The van der Waals surface area contributed by atoms with Crippen molar-refractivity contribution in [3.8, 4) is 0 Å². The molecule has 3 aromatic rings. The Balaban J connectivity index is 1.94. The van der Waals surface area contributed by atoms with Crippen molar-refractivity contribution in [2.45, 2.75) is 6.92 Å². The number of nitrogens with zero attached hydrogens (tertiary/aromatic N) is 1. The van der Waals surface area contributed by atoms with Gasteiger partial charge in [-0.15, -0.1) is 0 Å². The fourth-order valence-corrected chi connectivity index (χ4v) is 2.26. The Labute approximate surface area is 131 Å². The summed E-state index contributed by atoms with van der Waals surface area (Å²) in [6, 6.07) is 11.5. The molecule has 0 saturated heterocycles. The third-order valence-electron chi connectivity index (χ3n) is 3.52. The molecule has 23 heavy (non-hydrogen) atoms. The maximum absolute atomic E-state index is 12.4. The van der Waals surface area contributed by atoms with E-state index in [0.29, 0.717) is 16.5 Å². The first kappa shape index (κ1) is 14.7. The third kappa shape index (κ3) is 3.03. The standard InChI is InChI=1S/C18H13NO4/c1-12-2-9-16-17(10-12)23-11-14(18(16)20)6-3-13-4-7-15(8-5-13)19(21)22/h2-11H,1H3. The lowest BCUT2D eigenvalue weighted by Gasteiger charge is -2.00. The summed E-state index contributed by atoms with van der Waals surface area (Å²) in [5, 5.41) is 11.1. The van der Waals surface area contributed by atoms with Crippen LogP contribution in [0.25, 0.3) is 23.1 Å². The van der Waals surface area contributed by atoms with Gasteiger partial charge >= 0.3 is 0 Å². The summed E-state index contributed by atoms with van der Waals surface area (Å²) >= 11 is 0. The number of rotatable bonds is 3. The molecule has 0 aliphatic rings. The predicted octanol–water partition coefficient (Wildman–Crippen LogP) is 4.18. The van der Waals surface area contributed by atoms with E-state index >= 15 is 0 Å². The van der Waals surface area contributed by atoms with E-state index in [1.165, 1.54) is 18.4 Å². The Morgan fingerprint density at radius 2 is 1.83 bits per heavy atom. The topological polar surface area (TPSA) is 73.3 Å². The summed E-state index contributed by atoms with van der Waals surface area (Å²) in [5.41, 5.74) is 2.70. The highest BCUT2D eigenvalue weighted by Gasteiger charge is 2.05. The molecule has 0 bridgehead atoms. The van der Waals surface area contributed by atoms with Gasteiger partial charge in [-0.1, -0.05) is 12.1 Å². The second-order valence-corrected chi connectivity index (χ2v) is 5.20. The second-order valence-electron chi connectivity index (χ2n) is 5.20. The molecule has 5 heteroatoms. The molecule has 0 aliphatic heterocycles. The highest BCUT2D eigenvalue weighted by atomic mass is 16.6. The van der Waals surface area contributed by atoms with Crippen molar-refractivity contribution in [1.82, 2.24) is 0 Å². The zero-order valence-electron chi connectivity index (χ0n) is 12.4. The van der Waals surface area contributed by atoms with Crippen molar-refractivity contribution < 1.29 is 9.34 Å². The fourth-order valence-electron chi connectivity index (χ4n) is 2.26. The second kappa shape index (κ2) is 5.88. The molecular weight excluding hydrogens is 294 g/mol. The van der Waals surface area contributed by atoms with E-state index in [1.54, 1.807) is 30.4 Å². The summed E-state index contributed by atoms with van der Waals surface area (Å²) in [4.78, 5) is 22.6. The molecular formula is C18H13NO4. The average Bonchev–Trinajstić information content (AvgIpc) is 2.54. The van der Waals surface area contributed by atoms with Crippen molar-refractivity contribution in [2.75, 3.05) is 0 Å². The Morgan fingerprint density at radius 1 is 1.09 bits per heavy atom. The number of fused-ring (bicyclic) bond motifs is 1. The Kier molecular flexibility index (Phi) is 3.76. The summed E-state index contributed by atoms with van der Waals surface area (Å²) in [5.74, 6) is 0. The maximum atomic E-state index is 12.4. The predicted molar refractivity (Wildman–Crippen MR) is 89.2 cm³/mol. The van der Waals surface area contributed by atoms with E-state index in [-0.39, 0.29) is 11.1 Å². The average molecular weight is 307 g/mol. The zero-order chi connectivity index (χ0) is 16.4. The van der Waals surface area contributed by atoms with Crippen LogP contribution in [0, 0.1) is 17.0 Å². The molecule has 1 aromatic heterocycles. The lowest BCUT2D eigenvalue weighted by Crippen LogP contribution is -2.04. The van der Waals surface area contributed by atoms with Crippen LogP contribution >= 0.6 is 0 Å². The van der Waals surface area contributed by atoms with Crippen LogP contribution in [0.15, 0.2) is 57.9 Å². The SMILES string of the molecule is Cc1ccc2c(=O)c(C=Cc3ccc([N+](=O)[O-])cc3)coc2c1. The summed E-state index contributed by atoms with van der Waals surface area (Å²) in [7, 11) is 0. The first-order chi connectivity index (χ1) is 11.0. The van der Waals surface area contributed by atoms with Gasteiger partial charge in [0.1, 0.15) is 11.8 Å². The minimum atomic E-state index is -0.451. The summed E-state index contributed by atoms with van der Waals surface area (Å²) in [6.07, 6.45) is 4.79. The number of benzene rings is 2. The van der Waals surface area contributed by atoms with E-state index in [1.807, 2.05) is 19.1 Å². The largest absolute Gasteiger partial charge is 0.463 e. The zero-order valence-corrected chi connectivity index (χ0v) is 12.4. The quantitative estimate of drug-likeness (QED) is 0.537. The first-order valence-corrected chi connectivity index (χ1v) is 6.99. The minimum Gasteiger partial charge on any atom is -0.463 e. The van der Waals surface area contributed by atoms with Crippen molar-refractivity contribution in [1.29, 1.82) is 0 Å². The van der Waals surface area contributed by atoms with Gasteiger partial charge in [0.25, 0.3) is 5.69 Å². The molecule has 0 unspecified atom stereocenters. The van der Waals surface area contributed by atoms with Crippen LogP contribution in [-0.2, 0) is 0 Å². The lowest BCUT2D eigenvalue weighted by atomic mass is 10.1. The highest BCUT2D eigenvalue weighted by molar-refractivity contribution is 5.81. The molecule has 0 N–H and O–H groups in total. The Hall–Kier alpha value is -3.21. The van der Waals surface area contributed by atoms with Gasteiger partial charge in [-0.25, -0.2) is 0 Å². The van der Waals surface area contributed by atoms with Crippen LogP contribution in [0.5, 0.6) is 0 Å². The van der Waals surface area contributed by atoms with E-state index in [0.717, 1.165) is 11.1 Å². The van der Waals surface area contributed by atoms with Gasteiger partial charge in [0.15, 0.2) is 5.43 Å². The molecule has 1 heterocycles. The highest BCUT2D eigenvalue weighted by Crippen LogP contribution is 2.16. The number of hydrogen-bond donors (Lipinski definition) is 0. The number of non-ortho nitro benzene ring substituents is 1. The Bertz CT molecular complexity index is 968. The van der Waals surface area contributed by atoms with Crippen molar-refractivity contribution in [3.63, 3.8) is 0 Å².